The number of ether oxygens (including phenoxy) is 1. The first-order valence-corrected chi connectivity index (χ1v) is 9.31. The van der Waals surface area contributed by atoms with Crippen LogP contribution >= 0.6 is 0 Å². The summed E-state index contributed by atoms with van der Waals surface area (Å²) in [6.07, 6.45) is 0.436. The van der Waals surface area contributed by atoms with Crippen molar-refractivity contribution in [3.63, 3.8) is 0 Å². The smallest absolute Gasteiger partial charge is 0.225 e. The quantitative estimate of drug-likeness (QED) is 0.599. The van der Waals surface area contributed by atoms with Gasteiger partial charge in [0.15, 0.2) is 0 Å². The molecule has 3 rings (SSSR count). The number of carbonyl (C=O) groups is 1. The summed E-state index contributed by atoms with van der Waals surface area (Å²) in [4.78, 5) is 14.3. The Labute approximate surface area is 153 Å². The molecule has 2 aliphatic heterocycles. The second kappa shape index (κ2) is 8.43. The topological polar surface area (TPSA) is 113 Å². The van der Waals surface area contributed by atoms with Crippen LogP contribution in [0, 0.1) is 5.92 Å². The molecular weight excluding hydrogens is 338 g/mol. The van der Waals surface area contributed by atoms with E-state index in [-0.39, 0.29) is 18.9 Å². The molecule has 4 atom stereocenters. The zero-order valence-corrected chi connectivity index (χ0v) is 15.4. The number of amides is 1. The van der Waals surface area contributed by atoms with Gasteiger partial charge in [-0.05, 0) is 25.8 Å². The lowest BCUT2D eigenvalue weighted by Crippen LogP contribution is -2.41. The first kappa shape index (κ1) is 19.2. The van der Waals surface area contributed by atoms with Crippen LogP contribution in [0.2, 0.25) is 0 Å². The van der Waals surface area contributed by atoms with Gasteiger partial charge in [0.2, 0.25) is 5.91 Å². The van der Waals surface area contributed by atoms with Gasteiger partial charge >= 0.3 is 0 Å². The van der Waals surface area contributed by atoms with Gasteiger partial charge in [-0.3, -0.25) is 4.79 Å². The van der Waals surface area contributed by atoms with Crippen molar-refractivity contribution in [2.75, 3.05) is 20.1 Å². The summed E-state index contributed by atoms with van der Waals surface area (Å²) in [6.45, 7) is 4.58. The van der Waals surface area contributed by atoms with Gasteiger partial charge in [-0.1, -0.05) is 12.1 Å². The maximum Gasteiger partial charge on any atom is 0.225 e. The van der Waals surface area contributed by atoms with E-state index >= 15 is 0 Å². The van der Waals surface area contributed by atoms with Crippen LogP contribution in [0.4, 0.5) is 0 Å². The minimum Gasteiger partial charge on any atom is -0.388 e. The number of aliphatic hydroxyl groups is 2. The average Bonchev–Trinajstić information content (AvgIpc) is 3.16. The predicted molar refractivity (Wildman–Crippen MR) is 93.1 cm³/mol. The molecule has 0 spiro atoms. The van der Waals surface area contributed by atoms with Gasteiger partial charge in [-0.25, -0.2) is 4.68 Å². The minimum absolute atomic E-state index is 0.0223. The van der Waals surface area contributed by atoms with E-state index in [2.05, 4.69) is 22.6 Å². The van der Waals surface area contributed by atoms with Gasteiger partial charge in [0, 0.05) is 25.8 Å². The third-order valence-corrected chi connectivity index (χ3v) is 5.28. The number of rotatable bonds is 6. The fraction of sp³-hybridized carbons (Fsp3) is 0.824. The molecule has 146 valence electrons. The second-order valence-electron chi connectivity index (χ2n) is 7.42. The van der Waals surface area contributed by atoms with Crippen LogP contribution in [-0.2, 0) is 22.6 Å². The van der Waals surface area contributed by atoms with E-state index in [0.29, 0.717) is 12.5 Å². The van der Waals surface area contributed by atoms with E-state index < -0.39 is 24.4 Å². The SMILES string of the molecule is CNCc1cn(C[C@H]2O[C@@H](CC(=O)N3CCC(C)CC3)[C@H](O)[C@@H]2O)nn1. The van der Waals surface area contributed by atoms with Crippen molar-refractivity contribution in [2.24, 2.45) is 5.92 Å². The molecule has 3 N–H and O–H groups in total. The zero-order valence-electron chi connectivity index (χ0n) is 15.4. The van der Waals surface area contributed by atoms with Crippen LogP contribution in [0.25, 0.3) is 0 Å². The summed E-state index contributed by atoms with van der Waals surface area (Å²) in [6, 6.07) is 0. The van der Waals surface area contributed by atoms with Gasteiger partial charge in [0.05, 0.1) is 24.8 Å². The maximum absolute atomic E-state index is 12.5. The highest BCUT2D eigenvalue weighted by atomic mass is 16.5. The molecule has 1 aromatic heterocycles. The molecule has 0 unspecified atom stereocenters. The molecule has 3 heterocycles. The Hall–Kier alpha value is -1.55. The standard InChI is InChI=1S/C17H29N5O4/c1-11-3-5-21(6-4-11)15(23)7-13-16(24)17(25)14(26-13)10-22-9-12(8-18-2)19-20-22/h9,11,13-14,16-18,24-25H,3-8,10H2,1-2H3/t13-,14+,16-,17+/m0/s1. The number of aliphatic hydroxyl groups excluding tert-OH is 2. The molecule has 0 saturated carbocycles. The first-order chi connectivity index (χ1) is 12.5. The first-order valence-electron chi connectivity index (χ1n) is 9.31. The van der Waals surface area contributed by atoms with E-state index in [4.69, 9.17) is 4.74 Å². The van der Waals surface area contributed by atoms with Gasteiger partial charge in [0.1, 0.15) is 18.3 Å². The third-order valence-electron chi connectivity index (χ3n) is 5.28. The molecule has 1 aromatic rings. The van der Waals surface area contributed by atoms with Crippen molar-refractivity contribution in [3.8, 4) is 0 Å². The number of aromatic nitrogens is 3. The highest BCUT2D eigenvalue weighted by Gasteiger charge is 2.44. The maximum atomic E-state index is 12.5. The summed E-state index contributed by atoms with van der Waals surface area (Å²) in [7, 11) is 1.82. The van der Waals surface area contributed by atoms with Crippen molar-refractivity contribution >= 4 is 5.91 Å². The van der Waals surface area contributed by atoms with Crippen LogP contribution in [0.3, 0.4) is 0 Å². The molecule has 0 radical (unpaired) electrons. The normalized spacial score (nSPS) is 30.1. The number of likely N-dealkylation sites (tertiary alicyclic amines) is 1. The van der Waals surface area contributed by atoms with Crippen molar-refractivity contribution in [1.82, 2.24) is 25.2 Å². The van der Waals surface area contributed by atoms with Gasteiger partial charge in [0.25, 0.3) is 0 Å². The fourth-order valence-corrected chi connectivity index (χ4v) is 3.58. The van der Waals surface area contributed by atoms with E-state index in [1.54, 1.807) is 10.9 Å². The molecule has 0 bridgehead atoms. The Kier molecular flexibility index (Phi) is 6.23. The summed E-state index contributed by atoms with van der Waals surface area (Å²) in [5, 5.41) is 31.6. The lowest BCUT2D eigenvalue weighted by Gasteiger charge is -2.31. The number of carbonyl (C=O) groups excluding carboxylic acids is 1. The Bertz CT molecular complexity index is 602. The molecule has 2 fully saturated rings. The predicted octanol–water partition coefficient (Wildman–Crippen LogP) is -0.865. The van der Waals surface area contributed by atoms with Gasteiger partial charge in [-0.2, -0.15) is 0 Å². The number of hydrogen-bond acceptors (Lipinski definition) is 7. The molecule has 9 nitrogen and oxygen atoms in total. The van der Waals surface area contributed by atoms with Crippen molar-refractivity contribution in [3.05, 3.63) is 11.9 Å². The van der Waals surface area contributed by atoms with E-state index in [1.807, 2.05) is 11.9 Å². The largest absolute Gasteiger partial charge is 0.388 e. The highest BCUT2D eigenvalue weighted by Crippen LogP contribution is 2.26. The zero-order chi connectivity index (χ0) is 18.7. The monoisotopic (exact) mass is 367 g/mol. The van der Waals surface area contributed by atoms with Gasteiger partial charge in [-0.15, -0.1) is 5.10 Å². The summed E-state index contributed by atoms with van der Waals surface area (Å²) < 4.78 is 7.38. The summed E-state index contributed by atoms with van der Waals surface area (Å²) in [5.74, 6) is 0.625. The van der Waals surface area contributed by atoms with Crippen molar-refractivity contribution in [1.29, 1.82) is 0 Å². The van der Waals surface area contributed by atoms with Crippen LogP contribution in [0.15, 0.2) is 6.20 Å². The molecule has 26 heavy (non-hydrogen) atoms. The molecule has 9 heteroatoms. The number of nitrogens with zero attached hydrogens (tertiary/aromatic N) is 4. The van der Waals surface area contributed by atoms with E-state index in [9.17, 15) is 15.0 Å². The lowest BCUT2D eigenvalue weighted by molar-refractivity contribution is -0.136. The Balaban J connectivity index is 1.54. The van der Waals surface area contributed by atoms with Crippen molar-refractivity contribution < 1.29 is 19.7 Å². The van der Waals surface area contributed by atoms with Gasteiger partial charge < -0.3 is 25.2 Å². The van der Waals surface area contributed by atoms with E-state index in [1.165, 1.54) is 0 Å². The summed E-state index contributed by atoms with van der Waals surface area (Å²) in [5.41, 5.74) is 0.784. The average molecular weight is 367 g/mol. The second-order valence-corrected chi connectivity index (χ2v) is 7.42. The van der Waals surface area contributed by atoms with Crippen molar-refractivity contribution in [2.45, 2.75) is 63.7 Å². The van der Waals surface area contributed by atoms with Crippen LogP contribution in [-0.4, -0.2) is 80.6 Å². The Morgan fingerprint density at radius 1 is 1.31 bits per heavy atom. The van der Waals surface area contributed by atoms with E-state index in [0.717, 1.165) is 31.6 Å². The fourth-order valence-electron chi connectivity index (χ4n) is 3.58. The molecule has 0 aromatic carbocycles. The molecular formula is C17H29N5O4. The number of piperidine rings is 1. The molecule has 2 aliphatic rings. The Morgan fingerprint density at radius 3 is 2.69 bits per heavy atom. The Morgan fingerprint density at radius 2 is 2.00 bits per heavy atom. The van der Waals surface area contributed by atoms with Crippen LogP contribution in [0.1, 0.15) is 31.9 Å². The third kappa shape index (κ3) is 4.40. The number of nitrogens with one attached hydrogen (secondary N) is 1. The van der Waals surface area contributed by atoms with Crippen LogP contribution < -0.4 is 5.32 Å². The van der Waals surface area contributed by atoms with Crippen LogP contribution in [0.5, 0.6) is 0 Å². The highest BCUT2D eigenvalue weighted by molar-refractivity contribution is 5.77. The molecule has 1 amide bonds. The molecule has 0 aliphatic carbocycles. The summed E-state index contributed by atoms with van der Waals surface area (Å²) >= 11 is 0. The molecule has 2 saturated heterocycles. The number of hydrogen-bond donors (Lipinski definition) is 3. The minimum atomic E-state index is -1.08. The lowest BCUT2D eigenvalue weighted by atomic mass is 9.98.